The first-order valence-electron chi connectivity index (χ1n) is 7.51. The predicted octanol–water partition coefficient (Wildman–Crippen LogP) is 1.59. The minimum Gasteiger partial charge on any atom is -0.398 e. The zero-order valence-corrected chi connectivity index (χ0v) is 13.6. The molecule has 0 radical (unpaired) electrons. The van der Waals surface area contributed by atoms with Gasteiger partial charge in [0.2, 0.25) is 10.0 Å². The minimum absolute atomic E-state index is 0.286. The van der Waals surface area contributed by atoms with E-state index in [1.165, 1.54) is 0 Å². The lowest BCUT2D eigenvalue weighted by atomic mass is 9.97. The average molecular weight is 311 g/mol. The number of nitrogens with zero attached hydrogens (tertiary/aromatic N) is 1. The third-order valence-electron chi connectivity index (χ3n) is 4.33. The second-order valence-corrected chi connectivity index (χ2v) is 7.44. The smallest absolute Gasteiger partial charge is 0.240 e. The average Bonchev–Trinajstić information content (AvgIpc) is 2.48. The molecular weight excluding hydrogens is 286 g/mol. The van der Waals surface area contributed by atoms with E-state index in [1.807, 2.05) is 0 Å². The van der Waals surface area contributed by atoms with Crippen molar-refractivity contribution in [2.45, 2.75) is 31.6 Å². The predicted molar refractivity (Wildman–Crippen MR) is 85.6 cm³/mol. The first-order chi connectivity index (χ1) is 9.94. The molecule has 1 aromatic carbocycles. The first kappa shape index (κ1) is 16.3. The maximum Gasteiger partial charge on any atom is 0.240 e. The molecular formula is C15H25N3O2S. The molecule has 0 atom stereocenters. The molecule has 6 heteroatoms. The molecule has 21 heavy (non-hydrogen) atoms. The number of hydrogen-bond donors (Lipinski definition) is 2. The number of benzene rings is 1. The van der Waals surface area contributed by atoms with Gasteiger partial charge in [-0.1, -0.05) is 13.0 Å². The summed E-state index contributed by atoms with van der Waals surface area (Å²) in [6, 6.07) is 5.00. The van der Waals surface area contributed by atoms with Gasteiger partial charge in [0.1, 0.15) is 0 Å². The third-order valence-corrected chi connectivity index (χ3v) is 5.90. The summed E-state index contributed by atoms with van der Waals surface area (Å²) in [5, 5.41) is 0. The second-order valence-electron chi connectivity index (χ2n) is 5.70. The lowest BCUT2D eigenvalue weighted by Gasteiger charge is -2.31. The van der Waals surface area contributed by atoms with Crippen molar-refractivity contribution < 1.29 is 8.42 Å². The van der Waals surface area contributed by atoms with Crippen LogP contribution in [-0.4, -0.2) is 39.5 Å². The van der Waals surface area contributed by atoms with Crippen molar-refractivity contribution in [3.8, 4) is 0 Å². The Bertz CT molecular complexity index is 579. The molecule has 118 valence electrons. The molecule has 3 N–H and O–H groups in total. The number of nitrogens with one attached hydrogen (secondary N) is 1. The molecule has 1 aliphatic heterocycles. The van der Waals surface area contributed by atoms with Crippen LogP contribution in [0.5, 0.6) is 0 Å². The van der Waals surface area contributed by atoms with Crippen LogP contribution in [0.3, 0.4) is 0 Å². The Balaban J connectivity index is 1.98. The monoisotopic (exact) mass is 311 g/mol. The number of likely N-dealkylation sites (tertiary alicyclic amines) is 1. The summed E-state index contributed by atoms with van der Waals surface area (Å²) in [4.78, 5) is 2.68. The van der Waals surface area contributed by atoms with E-state index in [-0.39, 0.29) is 4.90 Å². The summed E-state index contributed by atoms with van der Waals surface area (Å²) in [6.07, 6.45) is 2.10. The summed E-state index contributed by atoms with van der Waals surface area (Å²) in [6.45, 7) is 7.59. The Kier molecular flexibility index (Phi) is 5.24. The van der Waals surface area contributed by atoms with Gasteiger partial charge in [-0.2, -0.15) is 0 Å². The number of sulfonamides is 1. The normalized spacial score (nSPS) is 18.0. The molecule has 0 amide bonds. The maximum absolute atomic E-state index is 12.4. The number of rotatable bonds is 5. The van der Waals surface area contributed by atoms with Gasteiger partial charge in [-0.25, -0.2) is 13.1 Å². The minimum atomic E-state index is -3.48. The summed E-state index contributed by atoms with van der Waals surface area (Å²) >= 11 is 0. The van der Waals surface area contributed by atoms with E-state index in [0.717, 1.165) is 32.5 Å². The van der Waals surface area contributed by atoms with E-state index in [1.54, 1.807) is 25.1 Å². The molecule has 0 unspecified atom stereocenters. The van der Waals surface area contributed by atoms with Gasteiger partial charge in [0.15, 0.2) is 0 Å². The Morgan fingerprint density at radius 3 is 2.62 bits per heavy atom. The van der Waals surface area contributed by atoms with E-state index < -0.39 is 10.0 Å². The molecule has 1 fully saturated rings. The van der Waals surface area contributed by atoms with Crippen LogP contribution in [0.4, 0.5) is 5.69 Å². The van der Waals surface area contributed by atoms with Crippen molar-refractivity contribution >= 4 is 15.7 Å². The maximum atomic E-state index is 12.4. The van der Waals surface area contributed by atoms with Crippen molar-refractivity contribution in [3.63, 3.8) is 0 Å². The van der Waals surface area contributed by atoms with Crippen LogP contribution < -0.4 is 10.5 Å². The van der Waals surface area contributed by atoms with Gasteiger partial charge in [0, 0.05) is 12.2 Å². The van der Waals surface area contributed by atoms with Gasteiger partial charge in [0.25, 0.3) is 0 Å². The van der Waals surface area contributed by atoms with Crippen LogP contribution in [-0.2, 0) is 10.0 Å². The van der Waals surface area contributed by atoms with Gasteiger partial charge in [-0.3, -0.25) is 0 Å². The van der Waals surface area contributed by atoms with Gasteiger partial charge in [-0.05, 0) is 63.0 Å². The van der Waals surface area contributed by atoms with E-state index in [4.69, 9.17) is 5.73 Å². The molecule has 1 heterocycles. The molecule has 0 bridgehead atoms. The van der Waals surface area contributed by atoms with Crippen LogP contribution in [0.25, 0.3) is 0 Å². The Morgan fingerprint density at radius 1 is 1.33 bits per heavy atom. The SMILES string of the molecule is CCN1CCC(CNS(=O)(=O)c2cccc(N)c2C)CC1. The van der Waals surface area contributed by atoms with E-state index in [9.17, 15) is 8.42 Å². The number of anilines is 1. The molecule has 0 spiro atoms. The lowest BCUT2D eigenvalue weighted by molar-refractivity contribution is 0.194. The number of hydrogen-bond acceptors (Lipinski definition) is 4. The van der Waals surface area contributed by atoms with E-state index in [0.29, 0.717) is 23.7 Å². The van der Waals surface area contributed by atoms with Crippen molar-refractivity contribution in [1.82, 2.24) is 9.62 Å². The quantitative estimate of drug-likeness (QED) is 0.810. The zero-order valence-electron chi connectivity index (χ0n) is 12.8. The van der Waals surface area contributed by atoms with Gasteiger partial charge >= 0.3 is 0 Å². The van der Waals surface area contributed by atoms with Crippen LogP contribution in [0.1, 0.15) is 25.3 Å². The molecule has 5 nitrogen and oxygen atoms in total. The van der Waals surface area contributed by atoms with Crippen LogP contribution in [0, 0.1) is 12.8 Å². The summed E-state index contributed by atoms with van der Waals surface area (Å²) in [5.41, 5.74) is 6.91. The van der Waals surface area contributed by atoms with Crippen molar-refractivity contribution in [3.05, 3.63) is 23.8 Å². The third kappa shape index (κ3) is 3.96. The van der Waals surface area contributed by atoms with E-state index >= 15 is 0 Å². The first-order valence-corrected chi connectivity index (χ1v) is 8.99. The Labute approximate surface area is 127 Å². The second kappa shape index (κ2) is 6.77. The van der Waals surface area contributed by atoms with Crippen molar-refractivity contribution in [2.24, 2.45) is 5.92 Å². The Morgan fingerprint density at radius 2 is 2.00 bits per heavy atom. The van der Waals surface area contributed by atoms with Gasteiger partial charge in [-0.15, -0.1) is 0 Å². The summed E-state index contributed by atoms with van der Waals surface area (Å²) in [7, 11) is -3.48. The van der Waals surface area contributed by atoms with Crippen LogP contribution >= 0.6 is 0 Å². The molecule has 1 saturated heterocycles. The fourth-order valence-electron chi connectivity index (χ4n) is 2.73. The van der Waals surface area contributed by atoms with E-state index in [2.05, 4.69) is 16.5 Å². The zero-order chi connectivity index (χ0) is 15.5. The van der Waals surface area contributed by atoms with Gasteiger partial charge in [0.05, 0.1) is 4.90 Å². The fourth-order valence-corrected chi connectivity index (χ4v) is 4.12. The number of nitrogen functional groups attached to an aromatic ring is 1. The largest absolute Gasteiger partial charge is 0.398 e. The fraction of sp³-hybridized carbons (Fsp3) is 0.600. The number of nitrogens with two attached hydrogens (primary N) is 1. The molecule has 2 rings (SSSR count). The summed E-state index contributed by atoms with van der Waals surface area (Å²) in [5.74, 6) is 0.420. The highest BCUT2D eigenvalue weighted by Crippen LogP contribution is 2.21. The van der Waals surface area contributed by atoms with Crippen molar-refractivity contribution in [1.29, 1.82) is 0 Å². The standard InChI is InChI=1S/C15H25N3O2S/c1-3-18-9-7-13(8-10-18)11-17-21(19,20)15-6-4-5-14(16)12(15)2/h4-6,13,17H,3,7-11,16H2,1-2H3. The molecule has 1 aromatic rings. The highest BCUT2D eigenvalue weighted by atomic mass is 32.2. The van der Waals surface area contributed by atoms with Crippen LogP contribution in [0.2, 0.25) is 0 Å². The summed E-state index contributed by atoms with van der Waals surface area (Å²) < 4.78 is 27.5. The molecule has 1 aliphatic rings. The Hall–Kier alpha value is -1.11. The highest BCUT2D eigenvalue weighted by molar-refractivity contribution is 7.89. The van der Waals surface area contributed by atoms with Gasteiger partial charge < -0.3 is 10.6 Å². The van der Waals surface area contributed by atoms with Crippen LogP contribution in [0.15, 0.2) is 23.1 Å². The molecule has 0 aromatic heterocycles. The topological polar surface area (TPSA) is 75.4 Å². The van der Waals surface area contributed by atoms with Crippen molar-refractivity contribution in [2.75, 3.05) is 31.9 Å². The lowest BCUT2D eigenvalue weighted by Crippen LogP contribution is -2.38. The molecule has 0 aliphatic carbocycles. The molecule has 0 saturated carbocycles. The highest BCUT2D eigenvalue weighted by Gasteiger charge is 2.22. The number of piperidine rings is 1.